The highest BCUT2D eigenvalue weighted by molar-refractivity contribution is 5.97. The number of anilines is 1. The summed E-state index contributed by atoms with van der Waals surface area (Å²) in [5.74, 6) is -1.41. The van der Waals surface area contributed by atoms with E-state index in [0.29, 0.717) is 17.0 Å². The molecule has 1 aromatic rings. The topological polar surface area (TPSA) is 105 Å². The first-order valence-corrected chi connectivity index (χ1v) is 5.89. The highest BCUT2D eigenvalue weighted by atomic mass is 16.5. The van der Waals surface area contributed by atoms with Gasteiger partial charge in [-0.2, -0.15) is 0 Å². The Morgan fingerprint density at radius 2 is 1.95 bits per heavy atom. The molecule has 0 aromatic heterocycles. The lowest BCUT2D eigenvalue weighted by Crippen LogP contribution is -2.18. The van der Waals surface area contributed by atoms with E-state index in [1.54, 1.807) is 0 Å². The van der Waals surface area contributed by atoms with Gasteiger partial charge >= 0.3 is 5.97 Å². The van der Waals surface area contributed by atoms with Crippen molar-refractivity contribution >= 4 is 23.5 Å². The fourth-order valence-electron chi connectivity index (χ4n) is 1.51. The Balaban J connectivity index is 2.82. The summed E-state index contributed by atoms with van der Waals surface area (Å²) in [5, 5.41) is 13.5. The van der Waals surface area contributed by atoms with Crippen LogP contribution in [0, 0.1) is 0 Å². The molecular weight excluding hydrogens is 264 g/mol. The van der Waals surface area contributed by atoms with E-state index in [0.717, 1.165) is 0 Å². The Hall–Kier alpha value is -2.57. The third-order valence-corrected chi connectivity index (χ3v) is 2.53. The van der Waals surface area contributed by atoms with E-state index in [9.17, 15) is 14.4 Å². The van der Waals surface area contributed by atoms with Gasteiger partial charge in [0, 0.05) is 19.0 Å². The van der Waals surface area contributed by atoms with Crippen molar-refractivity contribution in [2.75, 3.05) is 19.5 Å². The van der Waals surface area contributed by atoms with Crippen molar-refractivity contribution in [2.45, 2.75) is 12.8 Å². The molecule has 0 atom stereocenters. The van der Waals surface area contributed by atoms with E-state index in [4.69, 9.17) is 9.84 Å². The standard InChI is InChI=1S/C13H16N2O5/c1-14-13(19)8-3-4-9(10(7-8)20-2)15-11(16)5-6-12(17)18/h3-4,7H,5-6H2,1-2H3,(H,14,19)(H,15,16)(H,17,18). The number of nitrogens with one attached hydrogen (secondary N) is 2. The van der Waals surface area contributed by atoms with E-state index >= 15 is 0 Å². The monoisotopic (exact) mass is 280 g/mol. The number of carbonyl (C=O) groups is 3. The van der Waals surface area contributed by atoms with Crippen LogP contribution in [0.3, 0.4) is 0 Å². The Morgan fingerprint density at radius 1 is 1.25 bits per heavy atom. The Kier molecular flexibility index (Phi) is 5.52. The predicted octanol–water partition coefficient (Wildman–Crippen LogP) is 0.858. The smallest absolute Gasteiger partial charge is 0.303 e. The summed E-state index contributed by atoms with van der Waals surface area (Å²) < 4.78 is 5.10. The van der Waals surface area contributed by atoms with Gasteiger partial charge < -0.3 is 20.5 Å². The third kappa shape index (κ3) is 4.27. The van der Waals surface area contributed by atoms with Crippen LogP contribution in [0.2, 0.25) is 0 Å². The van der Waals surface area contributed by atoms with Gasteiger partial charge in [0.25, 0.3) is 5.91 Å². The van der Waals surface area contributed by atoms with Crippen LogP contribution in [0.25, 0.3) is 0 Å². The van der Waals surface area contributed by atoms with Gasteiger partial charge in [-0.1, -0.05) is 0 Å². The minimum atomic E-state index is -1.04. The van der Waals surface area contributed by atoms with Crippen LogP contribution in [0.15, 0.2) is 18.2 Å². The zero-order valence-electron chi connectivity index (χ0n) is 11.2. The minimum absolute atomic E-state index is 0.129. The Labute approximate surface area is 115 Å². The Bertz CT molecular complexity index is 527. The molecule has 0 aliphatic rings. The van der Waals surface area contributed by atoms with Gasteiger partial charge in [0.15, 0.2) is 0 Å². The van der Waals surface area contributed by atoms with Gasteiger partial charge in [0.2, 0.25) is 5.91 Å². The third-order valence-electron chi connectivity index (χ3n) is 2.53. The molecule has 3 N–H and O–H groups in total. The van der Waals surface area contributed by atoms with Gasteiger partial charge in [-0.15, -0.1) is 0 Å². The van der Waals surface area contributed by atoms with Crippen LogP contribution < -0.4 is 15.4 Å². The van der Waals surface area contributed by atoms with Gasteiger partial charge in [0.05, 0.1) is 19.2 Å². The van der Waals surface area contributed by atoms with Crippen molar-refractivity contribution in [1.82, 2.24) is 5.32 Å². The molecule has 7 heteroatoms. The first kappa shape index (κ1) is 15.5. The first-order valence-electron chi connectivity index (χ1n) is 5.89. The molecular formula is C13H16N2O5. The number of hydrogen-bond acceptors (Lipinski definition) is 4. The van der Waals surface area contributed by atoms with Crippen LogP contribution in [0.5, 0.6) is 5.75 Å². The number of benzene rings is 1. The van der Waals surface area contributed by atoms with Gasteiger partial charge in [-0.05, 0) is 18.2 Å². The molecule has 20 heavy (non-hydrogen) atoms. The number of carbonyl (C=O) groups excluding carboxylic acids is 2. The van der Waals surface area contributed by atoms with E-state index in [2.05, 4.69) is 10.6 Å². The van der Waals surface area contributed by atoms with Crippen LogP contribution >= 0.6 is 0 Å². The molecule has 0 unspecified atom stereocenters. The van der Waals surface area contributed by atoms with Crippen LogP contribution in [-0.4, -0.2) is 37.0 Å². The van der Waals surface area contributed by atoms with Crippen molar-refractivity contribution in [2.24, 2.45) is 0 Å². The van der Waals surface area contributed by atoms with E-state index in [1.165, 1.54) is 32.4 Å². The second-order valence-electron chi connectivity index (χ2n) is 3.94. The molecule has 108 valence electrons. The van der Waals surface area contributed by atoms with Crippen LogP contribution in [0.1, 0.15) is 23.2 Å². The fourth-order valence-corrected chi connectivity index (χ4v) is 1.51. The summed E-state index contributed by atoms with van der Waals surface area (Å²) in [6.07, 6.45) is -0.375. The largest absolute Gasteiger partial charge is 0.495 e. The lowest BCUT2D eigenvalue weighted by Gasteiger charge is -2.11. The summed E-state index contributed by atoms with van der Waals surface area (Å²) in [5.41, 5.74) is 0.781. The number of carboxylic acids is 1. The summed E-state index contributed by atoms with van der Waals surface area (Å²) in [7, 11) is 2.92. The maximum atomic E-state index is 11.6. The Morgan fingerprint density at radius 3 is 2.50 bits per heavy atom. The molecule has 0 aliphatic heterocycles. The van der Waals surface area contributed by atoms with E-state index in [1.807, 2.05) is 0 Å². The molecule has 0 bridgehead atoms. The van der Waals surface area contributed by atoms with E-state index in [-0.39, 0.29) is 18.7 Å². The zero-order valence-corrected chi connectivity index (χ0v) is 11.2. The number of ether oxygens (including phenoxy) is 1. The maximum absolute atomic E-state index is 11.6. The quantitative estimate of drug-likeness (QED) is 0.716. The van der Waals surface area contributed by atoms with Crippen LogP contribution in [-0.2, 0) is 9.59 Å². The normalized spacial score (nSPS) is 9.70. The van der Waals surface area contributed by atoms with Crippen molar-refractivity contribution < 1.29 is 24.2 Å². The number of rotatable bonds is 6. The molecule has 0 spiro atoms. The fraction of sp³-hybridized carbons (Fsp3) is 0.308. The van der Waals surface area contributed by atoms with Crippen LogP contribution in [0.4, 0.5) is 5.69 Å². The minimum Gasteiger partial charge on any atom is -0.495 e. The van der Waals surface area contributed by atoms with Gasteiger partial charge in [0.1, 0.15) is 5.75 Å². The maximum Gasteiger partial charge on any atom is 0.303 e. The van der Waals surface area contributed by atoms with Gasteiger partial charge in [-0.3, -0.25) is 14.4 Å². The zero-order chi connectivity index (χ0) is 15.1. The van der Waals surface area contributed by atoms with Crippen molar-refractivity contribution in [3.05, 3.63) is 23.8 Å². The molecule has 1 aromatic carbocycles. The average molecular weight is 280 g/mol. The molecule has 1 rings (SSSR count). The number of methoxy groups -OCH3 is 1. The number of amides is 2. The predicted molar refractivity (Wildman–Crippen MR) is 71.9 cm³/mol. The average Bonchev–Trinajstić information content (AvgIpc) is 2.44. The summed E-state index contributed by atoms with van der Waals surface area (Å²) in [4.78, 5) is 33.4. The molecule has 2 amide bonds. The highest BCUT2D eigenvalue weighted by Gasteiger charge is 2.12. The molecule has 0 fully saturated rings. The van der Waals surface area contributed by atoms with Crippen molar-refractivity contribution in [3.63, 3.8) is 0 Å². The lowest BCUT2D eigenvalue weighted by atomic mass is 10.1. The van der Waals surface area contributed by atoms with Crippen molar-refractivity contribution in [1.29, 1.82) is 0 Å². The summed E-state index contributed by atoms with van der Waals surface area (Å²) >= 11 is 0. The van der Waals surface area contributed by atoms with E-state index < -0.39 is 11.9 Å². The number of carboxylic acid groups (broad SMARTS) is 1. The second-order valence-corrected chi connectivity index (χ2v) is 3.94. The second kappa shape index (κ2) is 7.13. The molecule has 0 saturated carbocycles. The lowest BCUT2D eigenvalue weighted by molar-refractivity contribution is -0.138. The highest BCUT2D eigenvalue weighted by Crippen LogP contribution is 2.25. The SMILES string of the molecule is CNC(=O)c1ccc(NC(=O)CCC(=O)O)c(OC)c1. The molecule has 0 heterocycles. The van der Waals surface area contributed by atoms with Crippen molar-refractivity contribution in [3.8, 4) is 5.75 Å². The first-order chi connectivity index (χ1) is 9.47. The van der Waals surface area contributed by atoms with Gasteiger partial charge in [-0.25, -0.2) is 0 Å². The summed E-state index contributed by atoms with van der Waals surface area (Å²) in [6.45, 7) is 0. The number of aliphatic carboxylic acids is 1. The molecule has 0 aliphatic carbocycles. The number of hydrogen-bond donors (Lipinski definition) is 3. The summed E-state index contributed by atoms with van der Waals surface area (Å²) in [6, 6.07) is 4.56. The molecule has 7 nitrogen and oxygen atoms in total. The molecule has 0 radical (unpaired) electrons. The molecule has 0 saturated heterocycles.